The molecule has 0 saturated carbocycles. The average Bonchev–Trinajstić information content (AvgIpc) is 3.59. The Morgan fingerprint density at radius 2 is 1.40 bits per heavy atom. The SMILES string of the molecule is c1ccc(-c2ccc3oc(-n4c5ccccc5c5ccc6c7ccccc7[nH]c6c54)nc3c2)cc1. The summed E-state index contributed by atoms with van der Waals surface area (Å²) in [7, 11) is 0. The molecular weight excluding hydrogens is 430 g/mol. The van der Waals surface area contributed by atoms with E-state index >= 15 is 0 Å². The highest BCUT2D eigenvalue weighted by molar-refractivity contribution is 6.22. The number of benzene rings is 5. The third-order valence-electron chi connectivity index (χ3n) is 6.99. The third-order valence-corrected chi connectivity index (χ3v) is 6.99. The zero-order valence-electron chi connectivity index (χ0n) is 18.7. The topological polar surface area (TPSA) is 46.8 Å². The standard InChI is InChI=1S/C31H19N3O/c1-2-8-19(9-3-1)20-14-17-28-26(18-20)33-31(35-28)34-27-13-7-5-11-22(27)24-16-15-23-21-10-4-6-12-25(21)32-29(23)30(24)34/h1-18,32H. The summed E-state index contributed by atoms with van der Waals surface area (Å²) in [4.78, 5) is 8.65. The minimum absolute atomic E-state index is 0.572. The summed E-state index contributed by atoms with van der Waals surface area (Å²) < 4.78 is 8.54. The van der Waals surface area contributed by atoms with Gasteiger partial charge in [-0.15, -0.1) is 0 Å². The molecule has 0 aliphatic carbocycles. The van der Waals surface area contributed by atoms with Crippen LogP contribution in [0.1, 0.15) is 0 Å². The molecule has 0 aliphatic rings. The Balaban J connectivity index is 1.46. The fourth-order valence-corrected chi connectivity index (χ4v) is 5.39. The highest BCUT2D eigenvalue weighted by Crippen LogP contribution is 2.39. The molecule has 4 heteroatoms. The summed E-state index contributed by atoms with van der Waals surface area (Å²) in [5.41, 5.74) is 8.27. The second kappa shape index (κ2) is 6.84. The Hall–Kier alpha value is -4.83. The molecule has 8 aromatic rings. The highest BCUT2D eigenvalue weighted by Gasteiger charge is 2.20. The molecule has 35 heavy (non-hydrogen) atoms. The monoisotopic (exact) mass is 449 g/mol. The first-order chi connectivity index (χ1) is 17.3. The molecule has 0 unspecified atom stereocenters. The number of aromatic nitrogens is 3. The molecule has 1 N–H and O–H groups in total. The lowest BCUT2D eigenvalue weighted by atomic mass is 10.1. The van der Waals surface area contributed by atoms with E-state index in [-0.39, 0.29) is 0 Å². The fraction of sp³-hybridized carbons (Fsp3) is 0. The average molecular weight is 450 g/mol. The molecule has 0 amide bonds. The van der Waals surface area contributed by atoms with Crippen LogP contribution in [0.25, 0.3) is 71.9 Å². The van der Waals surface area contributed by atoms with Crippen molar-refractivity contribution in [1.82, 2.24) is 14.5 Å². The molecule has 0 atom stereocenters. The zero-order valence-corrected chi connectivity index (χ0v) is 18.7. The summed E-state index contributed by atoms with van der Waals surface area (Å²) in [5, 5.41) is 4.76. The number of nitrogens with zero attached hydrogens (tertiary/aromatic N) is 2. The van der Waals surface area contributed by atoms with Crippen molar-refractivity contribution in [3.63, 3.8) is 0 Å². The normalized spacial score (nSPS) is 12.0. The smallest absolute Gasteiger partial charge is 0.307 e. The van der Waals surface area contributed by atoms with Gasteiger partial charge in [0, 0.05) is 27.1 Å². The van der Waals surface area contributed by atoms with E-state index in [0.717, 1.165) is 44.3 Å². The van der Waals surface area contributed by atoms with Gasteiger partial charge in [-0.05, 0) is 35.4 Å². The van der Waals surface area contributed by atoms with Crippen molar-refractivity contribution in [3.05, 3.63) is 109 Å². The number of H-pyrrole nitrogens is 1. The summed E-state index contributed by atoms with van der Waals surface area (Å²) >= 11 is 0. The maximum atomic E-state index is 6.38. The van der Waals surface area contributed by atoms with Crippen molar-refractivity contribution >= 4 is 54.7 Å². The summed E-state index contributed by atoms with van der Waals surface area (Å²) in [5.74, 6) is 0. The van der Waals surface area contributed by atoms with Crippen LogP contribution in [0.4, 0.5) is 0 Å². The quantitative estimate of drug-likeness (QED) is 0.289. The van der Waals surface area contributed by atoms with E-state index in [1.807, 2.05) is 12.1 Å². The van der Waals surface area contributed by atoms with Crippen LogP contribution in [-0.4, -0.2) is 14.5 Å². The maximum Gasteiger partial charge on any atom is 0.307 e. The van der Waals surface area contributed by atoms with Gasteiger partial charge in [-0.3, -0.25) is 4.57 Å². The molecule has 0 aliphatic heterocycles. The molecule has 0 saturated heterocycles. The zero-order chi connectivity index (χ0) is 22.9. The molecule has 8 rings (SSSR count). The van der Waals surface area contributed by atoms with E-state index < -0.39 is 0 Å². The third kappa shape index (κ3) is 2.59. The van der Waals surface area contributed by atoms with Gasteiger partial charge in [0.25, 0.3) is 0 Å². The molecule has 164 valence electrons. The minimum atomic E-state index is 0.572. The van der Waals surface area contributed by atoms with E-state index in [9.17, 15) is 0 Å². The Labute approximate surface area is 200 Å². The van der Waals surface area contributed by atoms with Crippen molar-refractivity contribution in [2.45, 2.75) is 0 Å². The number of rotatable bonds is 2. The lowest BCUT2D eigenvalue weighted by Gasteiger charge is -2.03. The molecule has 0 radical (unpaired) electrons. The predicted octanol–water partition coefficient (Wildman–Crippen LogP) is 8.23. The molecule has 3 heterocycles. The number of aromatic amines is 1. The van der Waals surface area contributed by atoms with Crippen molar-refractivity contribution in [2.75, 3.05) is 0 Å². The first kappa shape index (κ1) is 18.6. The molecule has 0 fully saturated rings. The van der Waals surface area contributed by atoms with Gasteiger partial charge in [-0.1, -0.05) is 84.9 Å². The van der Waals surface area contributed by atoms with E-state index in [2.05, 4.69) is 107 Å². The van der Waals surface area contributed by atoms with Gasteiger partial charge < -0.3 is 9.40 Å². The van der Waals surface area contributed by atoms with Gasteiger partial charge in [0.05, 0.1) is 16.6 Å². The van der Waals surface area contributed by atoms with Crippen molar-refractivity contribution in [2.24, 2.45) is 0 Å². The van der Waals surface area contributed by atoms with Gasteiger partial charge in [0.2, 0.25) is 0 Å². The van der Waals surface area contributed by atoms with Gasteiger partial charge in [0.15, 0.2) is 5.58 Å². The number of para-hydroxylation sites is 2. The number of hydrogen-bond donors (Lipinski definition) is 1. The van der Waals surface area contributed by atoms with Crippen LogP contribution in [0.2, 0.25) is 0 Å². The van der Waals surface area contributed by atoms with Gasteiger partial charge >= 0.3 is 6.01 Å². The lowest BCUT2D eigenvalue weighted by molar-refractivity contribution is 0.574. The van der Waals surface area contributed by atoms with Crippen LogP contribution in [0.5, 0.6) is 0 Å². The molecule has 3 aromatic heterocycles. The van der Waals surface area contributed by atoms with Gasteiger partial charge in [-0.2, -0.15) is 4.98 Å². The van der Waals surface area contributed by atoms with Gasteiger partial charge in [-0.25, -0.2) is 0 Å². The van der Waals surface area contributed by atoms with Crippen LogP contribution >= 0.6 is 0 Å². The highest BCUT2D eigenvalue weighted by atomic mass is 16.4. The largest absolute Gasteiger partial charge is 0.423 e. The minimum Gasteiger partial charge on any atom is -0.423 e. The Morgan fingerprint density at radius 1 is 0.629 bits per heavy atom. The second-order valence-electron chi connectivity index (χ2n) is 8.95. The molecule has 5 aromatic carbocycles. The Kier molecular flexibility index (Phi) is 3.63. The first-order valence-corrected chi connectivity index (χ1v) is 11.7. The van der Waals surface area contributed by atoms with Crippen LogP contribution in [-0.2, 0) is 0 Å². The number of nitrogens with one attached hydrogen (secondary N) is 1. The van der Waals surface area contributed by atoms with Crippen LogP contribution < -0.4 is 0 Å². The molecular formula is C31H19N3O. The maximum absolute atomic E-state index is 6.38. The van der Waals surface area contributed by atoms with E-state index in [4.69, 9.17) is 9.40 Å². The number of fused-ring (bicyclic) bond motifs is 8. The fourth-order valence-electron chi connectivity index (χ4n) is 5.39. The van der Waals surface area contributed by atoms with E-state index in [0.29, 0.717) is 6.01 Å². The molecule has 0 bridgehead atoms. The van der Waals surface area contributed by atoms with Crippen LogP contribution in [0, 0.1) is 0 Å². The number of oxazole rings is 1. The Morgan fingerprint density at radius 3 is 2.31 bits per heavy atom. The lowest BCUT2D eigenvalue weighted by Crippen LogP contribution is -1.94. The molecule has 4 nitrogen and oxygen atoms in total. The van der Waals surface area contributed by atoms with Gasteiger partial charge in [0.1, 0.15) is 5.52 Å². The Bertz CT molecular complexity index is 2060. The predicted molar refractivity (Wildman–Crippen MR) is 143 cm³/mol. The molecule has 0 spiro atoms. The second-order valence-corrected chi connectivity index (χ2v) is 8.95. The van der Waals surface area contributed by atoms with E-state index in [1.165, 1.54) is 21.5 Å². The van der Waals surface area contributed by atoms with Crippen molar-refractivity contribution in [3.8, 4) is 17.1 Å². The summed E-state index contributed by atoms with van der Waals surface area (Å²) in [6, 6.07) is 38.5. The first-order valence-electron chi connectivity index (χ1n) is 11.7. The summed E-state index contributed by atoms with van der Waals surface area (Å²) in [6.45, 7) is 0. The van der Waals surface area contributed by atoms with Crippen molar-refractivity contribution in [1.29, 1.82) is 0 Å². The van der Waals surface area contributed by atoms with Crippen molar-refractivity contribution < 1.29 is 4.42 Å². The van der Waals surface area contributed by atoms with Crippen LogP contribution in [0.3, 0.4) is 0 Å². The summed E-state index contributed by atoms with van der Waals surface area (Å²) in [6.07, 6.45) is 0. The van der Waals surface area contributed by atoms with E-state index in [1.54, 1.807) is 0 Å². The number of hydrogen-bond acceptors (Lipinski definition) is 2. The van der Waals surface area contributed by atoms with Crippen LogP contribution in [0.15, 0.2) is 114 Å².